The van der Waals surface area contributed by atoms with E-state index in [1.165, 1.54) is 29.2 Å². The maximum absolute atomic E-state index is 11.9. The molecule has 0 aromatic heterocycles. The van der Waals surface area contributed by atoms with Crippen LogP contribution in [0.25, 0.3) is 0 Å². The highest BCUT2D eigenvalue weighted by Crippen LogP contribution is 2.15. The fourth-order valence-corrected chi connectivity index (χ4v) is 2.00. The molecular formula is C12H14N2O5. The van der Waals surface area contributed by atoms with Crippen molar-refractivity contribution in [1.82, 2.24) is 4.90 Å². The Morgan fingerprint density at radius 1 is 1.26 bits per heavy atom. The summed E-state index contributed by atoms with van der Waals surface area (Å²) in [5.74, 6) is -0.218. The molecule has 0 spiro atoms. The Balaban J connectivity index is 1.97. The molecule has 2 N–H and O–H groups in total. The zero-order chi connectivity index (χ0) is 14.0. The van der Waals surface area contributed by atoms with Gasteiger partial charge in [0.2, 0.25) is 5.91 Å². The second-order valence-corrected chi connectivity index (χ2v) is 4.53. The summed E-state index contributed by atoms with van der Waals surface area (Å²) in [6.07, 6.45) is -1.71. The minimum Gasteiger partial charge on any atom is -0.388 e. The highest BCUT2D eigenvalue weighted by atomic mass is 16.6. The van der Waals surface area contributed by atoms with Gasteiger partial charge in [-0.1, -0.05) is 12.1 Å². The van der Waals surface area contributed by atoms with Crippen LogP contribution in [-0.4, -0.2) is 51.2 Å². The number of benzene rings is 1. The molecule has 7 nitrogen and oxygen atoms in total. The minimum absolute atomic E-state index is 0.0248. The topological polar surface area (TPSA) is 104 Å². The molecule has 1 aliphatic heterocycles. The molecule has 1 aromatic carbocycles. The van der Waals surface area contributed by atoms with Gasteiger partial charge in [-0.3, -0.25) is 14.9 Å². The van der Waals surface area contributed by atoms with Crippen LogP contribution in [-0.2, 0) is 11.2 Å². The average Bonchev–Trinajstić information content (AvgIpc) is 2.70. The number of carbonyl (C=O) groups excluding carboxylic acids is 1. The molecule has 102 valence electrons. The maximum Gasteiger partial charge on any atom is 0.269 e. The minimum atomic E-state index is -0.902. The lowest BCUT2D eigenvalue weighted by Crippen LogP contribution is -2.31. The van der Waals surface area contributed by atoms with Crippen molar-refractivity contribution in [1.29, 1.82) is 0 Å². The molecule has 7 heteroatoms. The van der Waals surface area contributed by atoms with E-state index in [0.717, 1.165) is 0 Å². The molecule has 0 unspecified atom stereocenters. The van der Waals surface area contributed by atoms with Crippen LogP contribution in [0.5, 0.6) is 0 Å². The second-order valence-electron chi connectivity index (χ2n) is 4.53. The Bertz CT molecular complexity index is 477. The van der Waals surface area contributed by atoms with Gasteiger partial charge in [0.1, 0.15) is 0 Å². The smallest absolute Gasteiger partial charge is 0.269 e. The quantitative estimate of drug-likeness (QED) is 0.577. The highest BCUT2D eigenvalue weighted by Gasteiger charge is 2.32. The lowest BCUT2D eigenvalue weighted by Gasteiger charge is -2.15. The second kappa shape index (κ2) is 5.33. The normalized spacial score (nSPS) is 22.5. The number of hydrogen-bond donors (Lipinski definition) is 2. The average molecular weight is 266 g/mol. The van der Waals surface area contributed by atoms with Crippen LogP contribution >= 0.6 is 0 Å². The molecule has 2 rings (SSSR count). The predicted octanol–water partition coefficient (Wildman–Crippen LogP) is -0.299. The number of nitrogens with zero attached hydrogens (tertiary/aromatic N) is 2. The van der Waals surface area contributed by atoms with Crippen LogP contribution < -0.4 is 0 Å². The number of non-ortho nitro benzene ring substituents is 1. The zero-order valence-corrected chi connectivity index (χ0v) is 10.1. The van der Waals surface area contributed by atoms with Crippen molar-refractivity contribution in [2.45, 2.75) is 18.6 Å². The van der Waals surface area contributed by atoms with E-state index >= 15 is 0 Å². The molecule has 0 bridgehead atoms. The van der Waals surface area contributed by atoms with Gasteiger partial charge in [-0.05, 0) is 5.56 Å². The molecule has 0 aliphatic carbocycles. The van der Waals surface area contributed by atoms with Gasteiger partial charge in [-0.15, -0.1) is 0 Å². The van der Waals surface area contributed by atoms with Gasteiger partial charge in [0.25, 0.3) is 5.69 Å². The van der Waals surface area contributed by atoms with Crippen LogP contribution in [0.2, 0.25) is 0 Å². The van der Waals surface area contributed by atoms with E-state index in [2.05, 4.69) is 0 Å². The SMILES string of the molecule is O=C(Cc1ccc([N+](=O)[O-])cc1)N1C[C@@H](O)[C@@H](O)C1. The number of likely N-dealkylation sites (tertiary alicyclic amines) is 1. The van der Waals surface area contributed by atoms with Gasteiger partial charge in [0, 0.05) is 25.2 Å². The van der Waals surface area contributed by atoms with E-state index in [4.69, 9.17) is 0 Å². The summed E-state index contributed by atoms with van der Waals surface area (Å²) >= 11 is 0. The largest absolute Gasteiger partial charge is 0.388 e. The Morgan fingerprint density at radius 3 is 2.26 bits per heavy atom. The summed E-state index contributed by atoms with van der Waals surface area (Å²) in [5, 5.41) is 29.2. The van der Waals surface area contributed by atoms with Crippen LogP contribution in [0.3, 0.4) is 0 Å². The van der Waals surface area contributed by atoms with Crippen molar-refractivity contribution in [3.05, 3.63) is 39.9 Å². The number of amides is 1. The molecule has 1 saturated heterocycles. The first-order valence-electron chi connectivity index (χ1n) is 5.84. The number of nitro groups is 1. The number of carbonyl (C=O) groups is 1. The molecule has 0 radical (unpaired) electrons. The van der Waals surface area contributed by atoms with Crippen LogP contribution in [0.1, 0.15) is 5.56 Å². The maximum atomic E-state index is 11.9. The van der Waals surface area contributed by atoms with Gasteiger partial charge in [0.15, 0.2) is 0 Å². The summed E-state index contributed by atoms with van der Waals surface area (Å²) in [7, 11) is 0. The third kappa shape index (κ3) is 3.07. The number of aliphatic hydroxyl groups excluding tert-OH is 2. The molecule has 1 heterocycles. The van der Waals surface area contributed by atoms with Crippen LogP contribution in [0.4, 0.5) is 5.69 Å². The summed E-state index contributed by atoms with van der Waals surface area (Å²) in [6.45, 7) is 0.236. The third-order valence-electron chi connectivity index (χ3n) is 3.11. The first kappa shape index (κ1) is 13.4. The van der Waals surface area contributed by atoms with E-state index in [1.807, 2.05) is 0 Å². The van der Waals surface area contributed by atoms with Crippen LogP contribution in [0, 0.1) is 10.1 Å². The van der Waals surface area contributed by atoms with Crippen LogP contribution in [0.15, 0.2) is 24.3 Å². The summed E-state index contributed by atoms with van der Waals surface area (Å²) in [4.78, 5) is 23.3. The van der Waals surface area contributed by atoms with Crippen molar-refractivity contribution in [3.63, 3.8) is 0 Å². The lowest BCUT2D eigenvalue weighted by molar-refractivity contribution is -0.384. The zero-order valence-electron chi connectivity index (χ0n) is 10.1. The Kier molecular flexibility index (Phi) is 3.77. The molecule has 1 aliphatic rings. The number of nitro benzene ring substituents is 1. The standard InChI is InChI=1S/C12H14N2O5/c15-10-6-13(7-11(10)16)12(17)5-8-1-3-9(4-2-8)14(18)19/h1-4,10-11,15-16H,5-7H2/t10-,11+. The Labute approximate surface area is 109 Å². The first-order valence-corrected chi connectivity index (χ1v) is 5.84. The first-order chi connectivity index (χ1) is 8.97. The highest BCUT2D eigenvalue weighted by molar-refractivity contribution is 5.79. The summed E-state index contributed by atoms with van der Waals surface area (Å²) in [5.41, 5.74) is 0.634. The molecule has 2 atom stereocenters. The van der Waals surface area contributed by atoms with Crippen molar-refractivity contribution in [3.8, 4) is 0 Å². The molecule has 1 fully saturated rings. The van der Waals surface area contributed by atoms with E-state index in [9.17, 15) is 25.1 Å². The molecule has 19 heavy (non-hydrogen) atoms. The summed E-state index contributed by atoms with van der Waals surface area (Å²) < 4.78 is 0. The van der Waals surface area contributed by atoms with Gasteiger partial charge >= 0.3 is 0 Å². The Hall–Kier alpha value is -1.99. The van der Waals surface area contributed by atoms with Gasteiger partial charge < -0.3 is 15.1 Å². The number of hydrogen-bond acceptors (Lipinski definition) is 5. The monoisotopic (exact) mass is 266 g/mol. The lowest BCUT2D eigenvalue weighted by atomic mass is 10.1. The van der Waals surface area contributed by atoms with E-state index in [0.29, 0.717) is 5.56 Å². The van der Waals surface area contributed by atoms with Crippen molar-refractivity contribution in [2.75, 3.05) is 13.1 Å². The number of β-amino-alcohol motifs (C(OH)–C–C–N with tert-alkyl or cyclic N) is 2. The van der Waals surface area contributed by atoms with Gasteiger partial charge in [-0.2, -0.15) is 0 Å². The third-order valence-corrected chi connectivity index (χ3v) is 3.11. The molecule has 1 aromatic rings. The summed E-state index contributed by atoms with van der Waals surface area (Å²) in [6, 6.07) is 5.74. The van der Waals surface area contributed by atoms with Crippen molar-refractivity contribution >= 4 is 11.6 Å². The fraction of sp³-hybridized carbons (Fsp3) is 0.417. The van der Waals surface area contributed by atoms with Gasteiger partial charge in [-0.25, -0.2) is 0 Å². The molecule has 0 saturated carbocycles. The van der Waals surface area contributed by atoms with Crippen molar-refractivity contribution < 1.29 is 19.9 Å². The van der Waals surface area contributed by atoms with Crippen molar-refractivity contribution in [2.24, 2.45) is 0 Å². The van der Waals surface area contributed by atoms with Gasteiger partial charge in [0.05, 0.1) is 23.6 Å². The molecule has 1 amide bonds. The van der Waals surface area contributed by atoms with E-state index < -0.39 is 17.1 Å². The van der Waals surface area contributed by atoms with E-state index in [-0.39, 0.29) is 31.1 Å². The predicted molar refractivity (Wildman–Crippen MR) is 65.4 cm³/mol. The fourth-order valence-electron chi connectivity index (χ4n) is 2.00. The Morgan fingerprint density at radius 2 is 1.79 bits per heavy atom. The number of rotatable bonds is 3. The van der Waals surface area contributed by atoms with E-state index in [1.54, 1.807) is 0 Å². The number of aliphatic hydroxyl groups is 2. The molecular weight excluding hydrogens is 252 g/mol.